The van der Waals surface area contributed by atoms with Gasteiger partial charge < -0.3 is 14.3 Å². The van der Waals surface area contributed by atoms with Crippen LogP contribution in [-0.2, 0) is 4.79 Å². The number of carbonyl (C=O) groups excluding carboxylic acids is 1. The molecule has 0 N–H and O–H groups in total. The van der Waals surface area contributed by atoms with Gasteiger partial charge in [-0.1, -0.05) is 5.16 Å². The minimum Gasteiger partial charge on any atom is -0.361 e. The third-order valence-electron chi connectivity index (χ3n) is 5.17. The molecule has 4 rings (SSSR count). The Morgan fingerprint density at radius 3 is 2.88 bits per heavy atom. The fourth-order valence-electron chi connectivity index (χ4n) is 3.96. The molecule has 2 fully saturated rings. The first-order valence-corrected chi connectivity index (χ1v) is 8.97. The number of likely N-dealkylation sites (tertiary alicyclic amines) is 1. The molecule has 2 aliphatic rings. The number of rotatable bonds is 3. The Labute approximate surface area is 147 Å². The third kappa shape index (κ3) is 3.23. The molecule has 2 aromatic heterocycles. The number of piperidine rings is 1. The number of amides is 1. The van der Waals surface area contributed by atoms with Crippen LogP contribution in [0.1, 0.15) is 43.2 Å². The second-order valence-electron chi connectivity index (χ2n) is 6.90. The van der Waals surface area contributed by atoms with Crippen molar-refractivity contribution in [3.8, 4) is 0 Å². The summed E-state index contributed by atoms with van der Waals surface area (Å²) in [6.45, 7) is 4.32. The second-order valence-corrected chi connectivity index (χ2v) is 6.90. The number of anilines is 1. The summed E-state index contributed by atoms with van der Waals surface area (Å²) in [5, 5.41) is 4.14. The molecule has 0 aliphatic carbocycles. The van der Waals surface area contributed by atoms with Gasteiger partial charge in [-0.3, -0.25) is 9.78 Å². The molecule has 0 saturated carbocycles. The number of hydrogen-bond donors (Lipinski definition) is 0. The van der Waals surface area contributed by atoms with Gasteiger partial charge in [0.1, 0.15) is 17.3 Å². The van der Waals surface area contributed by atoms with Gasteiger partial charge >= 0.3 is 0 Å². The molecule has 0 spiro atoms. The van der Waals surface area contributed by atoms with E-state index in [0.29, 0.717) is 6.54 Å². The summed E-state index contributed by atoms with van der Waals surface area (Å²) in [5.74, 6) is 1.88. The predicted octanol–water partition coefficient (Wildman–Crippen LogP) is 2.35. The minimum atomic E-state index is 0.00403. The fraction of sp³-hybridized carbons (Fsp3) is 0.556. The van der Waals surface area contributed by atoms with E-state index in [1.807, 2.05) is 17.9 Å². The smallest absolute Gasteiger partial charge is 0.228 e. The van der Waals surface area contributed by atoms with Crippen molar-refractivity contribution < 1.29 is 9.32 Å². The van der Waals surface area contributed by atoms with Crippen molar-refractivity contribution in [1.82, 2.24) is 20.0 Å². The van der Waals surface area contributed by atoms with Crippen LogP contribution in [0.4, 0.5) is 5.82 Å². The van der Waals surface area contributed by atoms with E-state index in [-0.39, 0.29) is 17.9 Å². The van der Waals surface area contributed by atoms with Crippen LogP contribution in [-0.4, -0.2) is 45.6 Å². The Kier molecular flexibility index (Phi) is 4.38. The zero-order chi connectivity index (χ0) is 17.2. The molecule has 0 aromatic carbocycles. The Hall–Kier alpha value is -2.44. The highest BCUT2D eigenvalue weighted by atomic mass is 16.5. The first kappa shape index (κ1) is 16.1. The molecule has 0 radical (unpaired) electrons. The van der Waals surface area contributed by atoms with Crippen LogP contribution < -0.4 is 4.90 Å². The maximum atomic E-state index is 13.2. The van der Waals surface area contributed by atoms with Gasteiger partial charge in [0.25, 0.3) is 0 Å². The first-order chi connectivity index (χ1) is 12.2. The standard InChI is InChI=1S/C18H23N5O2/c1-13-10-15(21-25-13)16-5-3-9-23(16)18(24)14-4-2-8-22(12-14)17-11-19-6-7-20-17/h6-7,10-11,14,16H,2-5,8-9,12H2,1H3/t14-,16+/m0/s1. The molecule has 0 bridgehead atoms. The van der Waals surface area contributed by atoms with E-state index in [4.69, 9.17) is 4.52 Å². The van der Waals surface area contributed by atoms with E-state index in [1.165, 1.54) is 0 Å². The van der Waals surface area contributed by atoms with Gasteiger partial charge in [0.15, 0.2) is 0 Å². The number of aryl methyl sites for hydroxylation is 1. The van der Waals surface area contributed by atoms with Gasteiger partial charge in [-0.25, -0.2) is 4.98 Å². The van der Waals surface area contributed by atoms with Crippen molar-refractivity contribution in [3.63, 3.8) is 0 Å². The highest BCUT2D eigenvalue weighted by Crippen LogP contribution is 2.34. The molecular formula is C18H23N5O2. The molecular weight excluding hydrogens is 318 g/mol. The monoisotopic (exact) mass is 341 g/mol. The van der Waals surface area contributed by atoms with Crippen molar-refractivity contribution in [3.05, 3.63) is 36.1 Å². The highest BCUT2D eigenvalue weighted by Gasteiger charge is 2.37. The third-order valence-corrected chi connectivity index (χ3v) is 5.17. The number of nitrogens with zero attached hydrogens (tertiary/aromatic N) is 5. The van der Waals surface area contributed by atoms with Crippen LogP contribution in [0.25, 0.3) is 0 Å². The fourth-order valence-corrected chi connectivity index (χ4v) is 3.96. The number of carbonyl (C=O) groups is 1. The summed E-state index contributed by atoms with van der Waals surface area (Å²) in [7, 11) is 0. The Balaban J connectivity index is 1.48. The summed E-state index contributed by atoms with van der Waals surface area (Å²) >= 11 is 0. The second kappa shape index (κ2) is 6.82. The van der Waals surface area contributed by atoms with Crippen LogP contribution in [0.3, 0.4) is 0 Å². The van der Waals surface area contributed by atoms with E-state index in [9.17, 15) is 4.79 Å². The summed E-state index contributed by atoms with van der Waals surface area (Å²) in [4.78, 5) is 25.9. The number of hydrogen-bond acceptors (Lipinski definition) is 6. The van der Waals surface area contributed by atoms with Gasteiger partial charge in [-0.15, -0.1) is 0 Å². The Morgan fingerprint density at radius 1 is 1.24 bits per heavy atom. The van der Waals surface area contributed by atoms with Crippen LogP contribution in [0.2, 0.25) is 0 Å². The lowest BCUT2D eigenvalue weighted by molar-refractivity contribution is -0.136. The van der Waals surface area contributed by atoms with Gasteiger partial charge in [0.2, 0.25) is 5.91 Å². The lowest BCUT2D eigenvalue weighted by Crippen LogP contribution is -2.45. The van der Waals surface area contributed by atoms with Gasteiger partial charge in [-0.2, -0.15) is 0 Å². The lowest BCUT2D eigenvalue weighted by Gasteiger charge is -2.35. The molecule has 25 heavy (non-hydrogen) atoms. The number of aromatic nitrogens is 3. The minimum absolute atomic E-state index is 0.00403. The molecule has 0 unspecified atom stereocenters. The Bertz CT molecular complexity index is 732. The molecule has 132 valence electrons. The maximum Gasteiger partial charge on any atom is 0.228 e. The summed E-state index contributed by atoms with van der Waals surface area (Å²) < 4.78 is 5.21. The first-order valence-electron chi connectivity index (χ1n) is 8.97. The van der Waals surface area contributed by atoms with Crippen LogP contribution in [0.15, 0.2) is 29.2 Å². The molecule has 2 aromatic rings. The largest absolute Gasteiger partial charge is 0.361 e. The van der Waals surface area contributed by atoms with Crippen LogP contribution in [0, 0.1) is 12.8 Å². The molecule has 2 atom stereocenters. The SMILES string of the molecule is Cc1cc([C@H]2CCCN2C(=O)[C@H]2CCCN(c3cnccn3)C2)no1. The van der Waals surface area contributed by atoms with E-state index in [0.717, 1.165) is 56.0 Å². The van der Waals surface area contributed by atoms with Gasteiger partial charge in [0, 0.05) is 38.1 Å². The average Bonchev–Trinajstić information content (AvgIpc) is 3.30. The summed E-state index contributed by atoms with van der Waals surface area (Å²) in [5.41, 5.74) is 0.880. The Morgan fingerprint density at radius 2 is 2.12 bits per heavy atom. The summed E-state index contributed by atoms with van der Waals surface area (Å²) in [6.07, 6.45) is 9.03. The molecule has 7 heteroatoms. The zero-order valence-corrected chi connectivity index (χ0v) is 14.5. The van der Waals surface area contributed by atoms with Crippen LogP contribution >= 0.6 is 0 Å². The molecule has 2 aliphatic heterocycles. The maximum absolute atomic E-state index is 13.2. The molecule has 7 nitrogen and oxygen atoms in total. The van der Waals surface area contributed by atoms with Crippen molar-refractivity contribution in [2.75, 3.05) is 24.5 Å². The van der Waals surface area contributed by atoms with E-state index < -0.39 is 0 Å². The lowest BCUT2D eigenvalue weighted by atomic mass is 9.96. The normalized spacial score (nSPS) is 23.9. The van der Waals surface area contributed by atoms with Crippen molar-refractivity contribution >= 4 is 11.7 Å². The topological polar surface area (TPSA) is 75.4 Å². The zero-order valence-electron chi connectivity index (χ0n) is 14.5. The average molecular weight is 341 g/mol. The van der Waals surface area contributed by atoms with Crippen molar-refractivity contribution in [2.45, 2.75) is 38.6 Å². The van der Waals surface area contributed by atoms with Crippen molar-refractivity contribution in [1.29, 1.82) is 0 Å². The molecule has 1 amide bonds. The molecule has 4 heterocycles. The predicted molar refractivity (Wildman–Crippen MR) is 91.9 cm³/mol. The summed E-state index contributed by atoms with van der Waals surface area (Å²) in [6, 6.07) is 2.00. The molecule has 2 saturated heterocycles. The van der Waals surface area contributed by atoms with Crippen molar-refractivity contribution in [2.24, 2.45) is 5.92 Å². The van der Waals surface area contributed by atoms with Gasteiger partial charge in [-0.05, 0) is 32.6 Å². The van der Waals surface area contributed by atoms with Crippen LogP contribution in [0.5, 0.6) is 0 Å². The van der Waals surface area contributed by atoms with E-state index in [1.54, 1.807) is 18.6 Å². The van der Waals surface area contributed by atoms with E-state index in [2.05, 4.69) is 20.0 Å². The van der Waals surface area contributed by atoms with E-state index >= 15 is 0 Å². The quantitative estimate of drug-likeness (QED) is 0.853. The highest BCUT2D eigenvalue weighted by molar-refractivity contribution is 5.80. The van der Waals surface area contributed by atoms with Gasteiger partial charge in [0.05, 0.1) is 18.2 Å².